The van der Waals surface area contributed by atoms with Gasteiger partial charge in [0.2, 0.25) is 0 Å². The molecule has 0 bridgehead atoms. The molecule has 1 heterocycles. The molecule has 0 saturated heterocycles. The van der Waals surface area contributed by atoms with Crippen LogP contribution in [0.2, 0.25) is 0 Å². The highest BCUT2D eigenvalue weighted by Gasteiger charge is 2.20. The van der Waals surface area contributed by atoms with Crippen LogP contribution in [0, 0.1) is 6.92 Å². The van der Waals surface area contributed by atoms with Crippen molar-refractivity contribution in [2.45, 2.75) is 26.0 Å². The van der Waals surface area contributed by atoms with Crippen LogP contribution in [0.3, 0.4) is 0 Å². The van der Waals surface area contributed by atoms with Crippen molar-refractivity contribution in [3.8, 4) is 11.1 Å². The Bertz CT molecular complexity index is 702. The number of hydrogen-bond acceptors (Lipinski definition) is 4. The molecule has 2 N–H and O–H groups in total. The van der Waals surface area contributed by atoms with Crippen molar-refractivity contribution in [3.05, 3.63) is 36.2 Å². The first kappa shape index (κ1) is 13.6. The maximum atomic E-state index is 12.0. The lowest BCUT2D eigenvalue weighted by Gasteiger charge is -2.07. The first-order chi connectivity index (χ1) is 8.82. The summed E-state index contributed by atoms with van der Waals surface area (Å²) in [7, 11) is -3.41. The van der Waals surface area contributed by atoms with E-state index in [1.54, 1.807) is 20.0 Å². The van der Waals surface area contributed by atoms with E-state index in [0.717, 1.165) is 20.8 Å². The molecular formula is C13H17N3O2S. The lowest BCUT2D eigenvalue weighted by atomic mass is 10.0. The van der Waals surface area contributed by atoms with E-state index in [0.29, 0.717) is 5.69 Å². The van der Waals surface area contributed by atoms with Gasteiger partial charge in [0, 0.05) is 11.3 Å². The monoisotopic (exact) mass is 279 g/mol. The smallest absolute Gasteiger partial charge is 0.256 e. The number of anilines is 1. The van der Waals surface area contributed by atoms with Gasteiger partial charge in [-0.3, -0.25) is 0 Å². The van der Waals surface area contributed by atoms with E-state index in [1.165, 1.54) is 6.20 Å². The average molecular weight is 279 g/mol. The molecule has 0 radical (unpaired) electrons. The zero-order valence-electron chi connectivity index (χ0n) is 11.2. The summed E-state index contributed by atoms with van der Waals surface area (Å²) in [5.74, 6) is 0. The average Bonchev–Trinajstić information content (AvgIpc) is 2.82. The Labute approximate surface area is 113 Å². The fourth-order valence-electron chi connectivity index (χ4n) is 1.75. The van der Waals surface area contributed by atoms with Crippen LogP contribution in [0.1, 0.15) is 19.4 Å². The van der Waals surface area contributed by atoms with Crippen LogP contribution in [-0.2, 0) is 10.0 Å². The van der Waals surface area contributed by atoms with Crippen LogP contribution in [-0.4, -0.2) is 22.9 Å². The van der Waals surface area contributed by atoms with Crippen molar-refractivity contribution < 1.29 is 8.42 Å². The van der Waals surface area contributed by atoms with Gasteiger partial charge in [-0.05, 0) is 44.0 Å². The quantitative estimate of drug-likeness (QED) is 0.872. The van der Waals surface area contributed by atoms with Crippen molar-refractivity contribution >= 4 is 15.7 Å². The van der Waals surface area contributed by atoms with Crippen LogP contribution in [0.25, 0.3) is 11.1 Å². The lowest BCUT2D eigenvalue weighted by molar-refractivity contribution is 0.571. The summed E-state index contributed by atoms with van der Waals surface area (Å²) in [4.78, 5) is 0. The van der Waals surface area contributed by atoms with E-state index in [4.69, 9.17) is 5.73 Å². The van der Waals surface area contributed by atoms with Crippen molar-refractivity contribution in [1.29, 1.82) is 0 Å². The fraction of sp³-hybridized carbons (Fsp3) is 0.308. The maximum absolute atomic E-state index is 12.0. The molecule has 6 heteroatoms. The number of aromatic nitrogens is 2. The summed E-state index contributed by atoms with van der Waals surface area (Å²) < 4.78 is 25.0. The molecule has 0 spiro atoms. The van der Waals surface area contributed by atoms with Gasteiger partial charge >= 0.3 is 0 Å². The number of nitrogens with two attached hydrogens (primary N) is 1. The minimum Gasteiger partial charge on any atom is -0.399 e. The molecule has 0 unspecified atom stereocenters. The molecule has 0 aliphatic rings. The second kappa shape index (κ2) is 4.70. The molecule has 0 fully saturated rings. The first-order valence-corrected chi connectivity index (χ1v) is 7.48. The topological polar surface area (TPSA) is 78.0 Å². The Morgan fingerprint density at radius 2 is 2.00 bits per heavy atom. The van der Waals surface area contributed by atoms with Gasteiger partial charge in [0.15, 0.2) is 0 Å². The molecule has 0 atom stereocenters. The fourth-order valence-corrected chi connectivity index (χ4v) is 2.62. The third-order valence-corrected chi connectivity index (χ3v) is 4.90. The van der Waals surface area contributed by atoms with Crippen LogP contribution in [0.4, 0.5) is 5.69 Å². The first-order valence-electron chi connectivity index (χ1n) is 5.98. The number of benzene rings is 1. The van der Waals surface area contributed by atoms with Crippen LogP contribution < -0.4 is 5.73 Å². The maximum Gasteiger partial charge on any atom is 0.256 e. The molecule has 2 aromatic rings. The third kappa shape index (κ3) is 2.49. The van der Waals surface area contributed by atoms with E-state index in [-0.39, 0.29) is 0 Å². The molecule has 1 aromatic carbocycles. The van der Waals surface area contributed by atoms with Gasteiger partial charge in [0.05, 0.1) is 17.6 Å². The van der Waals surface area contributed by atoms with Crippen molar-refractivity contribution in [1.82, 2.24) is 9.19 Å². The third-order valence-electron chi connectivity index (χ3n) is 2.99. The highest BCUT2D eigenvalue weighted by Crippen LogP contribution is 2.25. The predicted octanol–water partition coefficient (Wildman–Crippen LogP) is 2.03. The molecule has 0 amide bonds. The van der Waals surface area contributed by atoms with E-state index in [9.17, 15) is 8.42 Å². The molecule has 102 valence electrons. The lowest BCUT2D eigenvalue weighted by Crippen LogP contribution is -2.22. The van der Waals surface area contributed by atoms with Crippen LogP contribution in [0.15, 0.2) is 30.6 Å². The van der Waals surface area contributed by atoms with Gasteiger partial charge in [0.1, 0.15) is 0 Å². The summed E-state index contributed by atoms with van der Waals surface area (Å²) in [5.41, 5.74) is 9.06. The largest absolute Gasteiger partial charge is 0.399 e. The molecule has 0 aliphatic heterocycles. The molecule has 0 saturated carbocycles. The number of hydrogen-bond donors (Lipinski definition) is 1. The number of aryl methyl sites for hydroxylation is 1. The SMILES string of the molecule is Cc1ccc(N)cc1-c1cnn(S(=O)(=O)C(C)C)c1. The number of nitrogens with zero attached hydrogens (tertiary/aromatic N) is 2. The zero-order valence-corrected chi connectivity index (χ0v) is 12.0. The van der Waals surface area contributed by atoms with Crippen LogP contribution in [0.5, 0.6) is 0 Å². The summed E-state index contributed by atoms with van der Waals surface area (Å²) in [6, 6.07) is 5.53. The summed E-state index contributed by atoms with van der Waals surface area (Å²) >= 11 is 0. The second-order valence-corrected chi connectivity index (χ2v) is 7.12. The summed E-state index contributed by atoms with van der Waals surface area (Å²) in [5, 5.41) is 3.43. The van der Waals surface area contributed by atoms with Crippen molar-refractivity contribution in [2.75, 3.05) is 5.73 Å². The van der Waals surface area contributed by atoms with E-state index < -0.39 is 15.3 Å². The highest BCUT2D eigenvalue weighted by atomic mass is 32.2. The van der Waals surface area contributed by atoms with Gasteiger partial charge in [-0.2, -0.15) is 9.19 Å². The van der Waals surface area contributed by atoms with Gasteiger partial charge in [-0.1, -0.05) is 6.07 Å². The summed E-state index contributed by atoms with van der Waals surface area (Å²) in [6.07, 6.45) is 3.07. The summed E-state index contributed by atoms with van der Waals surface area (Å²) in [6.45, 7) is 5.20. The van der Waals surface area contributed by atoms with E-state index in [1.807, 2.05) is 25.1 Å². The highest BCUT2D eigenvalue weighted by molar-refractivity contribution is 7.90. The Morgan fingerprint density at radius 3 is 2.63 bits per heavy atom. The van der Waals surface area contributed by atoms with E-state index in [2.05, 4.69) is 5.10 Å². The van der Waals surface area contributed by atoms with Crippen LogP contribution >= 0.6 is 0 Å². The normalized spacial score (nSPS) is 12.0. The minimum absolute atomic E-state index is 0.512. The minimum atomic E-state index is -3.41. The predicted molar refractivity (Wildman–Crippen MR) is 76.3 cm³/mol. The molecule has 0 aliphatic carbocycles. The Balaban J connectivity index is 2.50. The molecule has 5 nitrogen and oxygen atoms in total. The van der Waals surface area contributed by atoms with E-state index >= 15 is 0 Å². The van der Waals surface area contributed by atoms with Crippen molar-refractivity contribution in [2.24, 2.45) is 0 Å². The Morgan fingerprint density at radius 1 is 1.32 bits per heavy atom. The van der Waals surface area contributed by atoms with Gasteiger partial charge in [-0.15, -0.1) is 0 Å². The van der Waals surface area contributed by atoms with Crippen molar-refractivity contribution in [3.63, 3.8) is 0 Å². The molecule has 1 aromatic heterocycles. The standard InChI is InChI=1S/C13H17N3O2S/c1-9(2)19(17,18)16-8-11(7-15-16)13-6-12(14)5-4-10(13)3/h4-9H,14H2,1-3H3. The van der Waals surface area contributed by atoms with Gasteiger partial charge < -0.3 is 5.73 Å². The molecular weight excluding hydrogens is 262 g/mol. The Kier molecular flexibility index (Phi) is 3.36. The molecule has 2 rings (SSSR count). The van der Waals surface area contributed by atoms with Gasteiger partial charge in [-0.25, -0.2) is 8.42 Å². The zero-order chi connectivity index (χ0) is 14.2. The Hall–Kier alpha value is -1.82. The van der Waals surface area contributed by atoms with Gasteiger partial charge in [0.25, 0.3) is 10.0 Å². The number of nitrogen functional groups attached to an aromatic ring is 1. The number of rotatable bonds is 3. The molecule has 19 heavy (non-hydrogen) atoms. The second-order valence-electron chi connectivity index (χ2n) is 4.77.